The Hall–Kier alpha value is -1.17. The molecule has 0 saturated carbocycles. The maximum atomic E-state index is 11.8. The van der Waals surface area contributed by atoms with Crippen LogP contribution in [0.25, 0.3) is 0 Å². The highest BCUT2D eigenvalue weighted by molar-refractivity contribution is 5.08. The number of rotatable bonds is 1. The van der Waals surface area contributed by atoms with Gasteiger partial charge in [-0.2, -0.15) is 13.2 Å². The van der Waals surface area contributed by atoms with Gasteiger partial charge in [0.1, 0.15) is 6.33 Å². The van der Waals surface area contributed by atoms with Gasteiger partial charge in [-0.25, -0.2) is 9.97 Å². The SMILES string of the molecule is O[C@H](c1cncnc1)C(F)(F)F. The molecule has 0 aliphatic carbocycles. The van der Waals surface area contributed by atoms with Gasteiger partial charge in [-0.3, -0.25) is 0 Å². The van der Waals surface area contributed by atoms with E-state index >= 15 is 0 Å². The topological polar surface area (TPSA) is 46.0 Å². The Labute approximate surface area is 65.9 Å². The molecular formula is C6H5F3N2O. The van der Waals surface area contributed by atoms with Crippen LogP contribution in [0, 0.1) is 0 Å². The number of aromatic nitrogens is 2. The fraction of sp³-hybridized carbons (Fsp3) is 0.333. The highest BCUT2D eigenvalue weighted by Gasteiger charge is 2.39. The molecule has 0 fully saturated rings. The Bertz CT molecular complexity index is 249. The van der Waals surface area contributed by atoms with Crippen molar-refractivity contribution >= 4 is 0 Å². The van der Waals surface area contributed by atoms with Gasteiger partial charge in [0, 0.05) is 18.0 Å². The molecule has 0 spiro atoms. The third-order valence-corrected chi connectivity index (χ3v) is 1.21. The van der Waals surface area contributed by atoms with Crippen molar-refractivity contribution in [3.8, 4) is 0 Å². The Morgan fingerprint density at radius 3 is 2.17 bits per heavy atom. The van der Waals surface area contributed by atoms with Crippen molar-refractivity contribution in [3.63, 3.8) is 0 Å². The molecule has 0 aromatic carbocycles. The highest BCUT2D eigenvalue weighted by Crippen LogP contribution is 2.31. The van der Waals surface area contributed by atoms with Crippen LogP contribution in [-0.2, 0) is 0 Å². The van der Waals surface area contributed by atoms with Gasteiger partial charge >= 0.3 is 6.18 Å². The summed E-state index contributed by atoms with van der Waals surface area (Å²) in [5.74, 6) is 0. The van der Waals surface area contributed by atoms with Crippen molar-refractivity contribution in [1.82, 2.24) is 9.97 Å². The second-order valence-corrected chi connectivity index (χ2v) is 2.12. The van der Waals surface area contributed by atoms with E-state index in [1.165, 1.54) is 0 Å². The van der Waals surface area contributed by atoms with Crippen molar-refractivity contribution in [2.24, 2.45) is 0 Å². The number of aliphatic hydroxyl groups is 1. The van der Waals surface area contributed by atoms with Crippen molar-refractivity contribution in [2.75, 3.05) is 0 Å². The van der Waals surface area contributed by atoms with Crippen LogP contribution < -0.4 is 0 Å². The van der Waals surface area contributed by atoms with E-state index in [1.54, 1.807) is 0 Å². The normalized spacial score (nSPS) is 14.3. The monoisotopic (exact) mass is 178 g/mol. The first-order chi connectivity index (χ1) is 5.52. The number of alkyl halides is 3. The summed E-state index contributed by atoms with van der Waals surface area (Å²) < 4.78 is 35.5. The van der Waals surface area contributed by atoms with Crippen LogP contribution in [0.5, 0.6) is 0 Å². The fourth-order valence-corrected chi connectivity index (χ4v) is 0.641. The largest absolute Gasteiger partial charge is 0.418 e. The molecule has 1 N–H and O–H groups in total. The molecule has 0 unspecified atom stereocenters. The van der Waals surface area contributed by atoms with E-state index in [1.807, 2.05) is 0 Å². The second-order valence-electron chi connectivity index (χ2n) is 2.12. The van der Waals surface area contributed by atoms with E-state index in [9.17, 15) is 13.2 Å². The third kappa shape index (κ3) is 1.91. The summed E-state index contributed by atoms with van der Waals surface area (Å²) in [6, 6.07) is 0. The quantitative estimate of drug-likeness (QED) is 0.699. The minimum Gasteiger partial charge on any atom is -0.379 e. The molecule has 66 valence electrons. The van der Waals surface area contributed by atoms with Crippen LogP contribution in [0.3, 0.4) is 0 Å². The summed E-state index contributed by atoms with van der Waals surface area (Å²) in [7, 11) is 0. The average molecular weight is 178 g/mol. The van der Waals surface area contributed by atoms with Gasteiger partial charge in [0.25, 0.3) is 0 Å². The molecule has 0 saturated heterocycles. The summed E-state index contributed by atoms with van der Waals surface area (Å²) in [6.45, 7) is 0. The molecule has 1 heterocycles. The minimum atomic E-state index is -4.66. The molecule has 0 aliphatic rings. The number of halogens is 3. The van der Waals surface area contributed by atoms with Crippen LogP contribution >= 0.6 is 0 Å². The van der Waals surface area contributed by atoms with Crippen molar-refractivity contribution in [1.29, 1.82) is 0 Å². The predicted molar refractivity (Wildman–Crippen MR) is 33.0 cm³/mol. The zero-order valence-corrected chi connectivity index (χ0v) is 5.78. The molecule has 0 amide bonds. The molecule has 3 nitrogen and oxygen atoms in total. The molecule has 1 rings (SSSR count). The van der Waals surface area contributed by atoms with Gasteiger partial charge in [0.2, 0.25) is 0 Å². The van der Waals surface area contributed by atoms with Crippen molar-refractivity contribution < 1.29 is 18.3 Å². The standard InChI is InChI=1S/C6H5F3N2O/c7-6(8,9)5(12)4-1-10-3-11-2-4/h1-3,5,12H/t5-/m1/s1. The van der Waals surface area contributed by atoms with Crippen LogP contribution in [0.2, 0.25) is 0 Å². The first-order valence-electron chi connectivity index (χ1n) is 3.01. The number of nitrogens with zero attached hydrogens (tertiary/aromatic N) is 2. The molecule has 0 bridgehead atoms. The zero-order valence-electron chi connectivity index (χ0n) is 5.78. The molecule has 1 aromatic rings. The van der Waals surface area contributed by atoms with Crippen LogP contribution in [0.4, 0.5) is 13.2 Å². The van der Waals surface area contributed by atoms with Gasteiger partial charge in [0.05, 0.1) is 0 Å². The number of hydrogen-bond donors (Lipinski definition) is 1. The van der Waals surface area contributed by atoms with Gasteiger partial charge in [-0.05, 0) is 0 Å². The minimum absolute atomic E-state index is 0.356. The maximum absolute atomic E-state index is 11.8. The smallest absolute Gasteiger partial charge is 0.379 e. The van der Waals surface area contributed by atoms with E-state index in [-0.39, 0.29) is 5.56 Å². The lowest BCUT2D eigenvalue weighted by molar-refractivity contribution is -0.206. The lowest BCUT2D eigenvalue weighted by Gasteiger charge is -2.13. The van der Waals surface area contributed by atoms with Gasteiger partial charge in [-0.1, -0.05) is 0 Å². The van der Waals surface area contributed by atoms with Gasteiger partial charge < -0.3 is 5.11 Å². The van der Waals surface area contributed by atoms with E-state index in [0.717, 1.165) is 18.7 Å². The van der Waals surface area contributed by atoms with Gasteiger partial charge in [-0.15, -0.1) is 0 Å². The Morgan fingerprint density at radius 1 is 1.25 bits per heavy atom. The first-order valence-corrected chi connectivity index (χ1v) is 3.01. The van der Waals surface area contributed by atoms with Crippen molar-refractivity contribution in [2.45, 2.75) is 12.3 Å². The molecule has 1 aromatic heterocycles. The number of hydrogen-bond acceptors (Lipinski definition) is 3. The number of aliphatic hydroxyl groups excluding tert-OH is 1. The van der Waals surface area contributed by atoms with Crippen LogP contribution in [0.15, 0.2) is 18.7 Å². The summed E-state index contributed by atoms with van der Waals surface area (Å²) in [5, 5.41) is 8.65. The molecule has 1 atom stereocenters. The predicted octanol–water partition coefficient (Wildman–Crippen LogP) is 1.07. The van der Waals surface area contributed by atoms with E-state index in [0.29, 0.717) is 0 Å². The van der Waals surface area contributed by atoms with Crippen LogP contribution in [-0.4, -0.2) is 21.3 Å². The first kappa shape index (κ1) is 8.92. The van der Waals surface area contributed by atoms with E-state index < -0.39 is 12.3 Å². The summed E-state index contributed by atoms with van der Waals surface area (Å²) in [6.07, 6.45) is -4.23. The van der Waals surface area contributed by atoms with Crippen molar-refractivity contribution in [3.05, 3.63) is 24.3 Å². The lowest BCUT2D eigenvalue weighted by atomic mass is 10.2. The average Bonchev–Trinajstić information content (AvgIpc) is 2.03. The summed E-state index contributed by atoms with van der Waals surface area (Å²) in [4.78, 5) is 6.70. The Kier molecular flexibility index (Phi) is 2.27. The molecular weight excluding hydrogens is 173 g/mol. The Morgan fingerprint density at radius 2 is 1.75 bits per heavy atom. The molecule has 0 radical (unpaired) electrons. The summed E-state index contributed by atoms with van der Waals surface area (Å²) in [5.41, 5.74) is -0.356. The lowest BCUT2D eigenvalue weighted by Crippen LogP contribution is -2.20. The van der Waals surface area contributed by atoms with Crippen LogP contribution in [0.1, 0.15) is 11.7 Å². The molecule has 6 heteroatoms. The maximum Gasteiger partial charge on any atom is 0.418 e. The van der Waals surface area contributed by atoms with E-state index in [4.69, 9.17) is 5.11 Å². The summed E-state index contributed by atoms with van der Waals surface area (Å²) >= 11 is 0. The molecule has 12 heavy (non-hydrogen) atoms. The highest BCUT2D eigenvalue weighted by atomic mass is 19.4. The third-order valence-electron chi connectivity index (χ3n) is 1.21. The zero-order chi connectivity index (χ0) is 9.19. The van der Waals surface area contributed by atoms with E-state index in [2.05, 4.69) is 9.97 Å². The molecule has 0 aliphatic heterocycles. The van der Waals surface area contributed by atoms with Gasteiger partial charge in [0.15, 0.2) is 6.10 Å². The Balaban J connectivity index is 2.86. The fourth-order valence-electron chi connectivity index (χ4n) is 0.641. The second kappa shape index (κ2) is 3.06.